The first-order chi connectivity index (χ1) is 12.2. The fraction of sp³-hybridized carbons (Fsp3) is 0.105. The average Bonchev–Trinajstić information content (AvgIpc) is 3.29. The summed E-state index contributed by atoms with van der Waals surface area (Å²) >= 11 is 3.04. The van der Waals surface area contributed by atoms with Crippen molar-refractivity contribution in [3.63, 3.8) is 0 Å². The predicted octanol–water partition coefficient (Wildman–Crippen LogP) is 4.67. The van der Waals surface area contributed by atoms with Crippen molar-refractivity contribution in [2.24, 2.45) is 7.05 Å². The number of ketones is 1. The zero-order valence-corrected chi connectivity index (χ0v) is 15.2. The predicted molar refractivity (Wildman–Crippen MR) is 103 cm³/mol. The van der Waals surface area contributed by atoms with Crippen molar-refractivity contribution < 1.29 is 4.79 Å². The van der Waals surface area contributed by atoms with Crippen LogP contribution in [0.2, 0.25) is 0 Å². The number of aromatic nitrogens is 3. The Bertz CT molecular complexity index is 1040. The number of thiophene rings is 1. The van der Waals surface area contributed by atoms with Crippen molar-refractivity contribution in [3.8, 4) is 10.7 Å². The summed E-state index contributed by atoms with van der Waals surface area (Å²) in [6, 6.07) is 17.9. The molecule has 0 atom stereocenters. The second kappa shape index (κ2) is 6.82. The molecule has 4 aromatic rings. The second-order valence-corrected chi connectivity index (χ2v) is 7.51. The van der Waals surface area contributed by atoms with Crippen LogP contribution in [0.25, 0.3) is 21.5 Å². The van der Waals surface area contributed by atoms with E-state index in [0.717, 1.165) is 32.2 Å². The third kappa shape index (κ3) is 3.23. The number of nitrogens with zero attached hydrogens (tertiary/aromatic N) is 3. The Morgan fingerprint density at radius 1 is 1.08 bits per heavy atom. The van der Waals surface area contributed by atoms with Gasteiger partial charge in [0.1, 0.15) is 0 Å². The quantitative estimate of drug-likeness (QED) is 0.381. The van der Waals surface area contributed by atoms with Gasteiger partial charge in [0.25, 0.3) is 0 Å². The molecule has 2 heterocycles. The van der Waals surface area contributed by atoms with Crippen LogP contribution in [0.1, 0.15) is 10.4 Å². The highest BCUT2D eigenvalue weighted by atomic mass is 32.2. The lowest BCUT2D eigenvalue weighted by Gasteiger charge is -2.04. The molecule has 0 spiro atoms. The van der Waals surface area contributed by atoms with Crippen molar-refractivity contribution in [2.45, 2.75) is 5.16 Å². The fourth-order valence-corrected chi connectivity index (χ4v) is 4.19. The highest BCUT2D eigenvalue weighted by Crippen LogP contribution is 2.26. The van der Waals surface area contributed by atoms with E-state index in [0.29, 0.717) is 5.75 Å². The fourth-order valence-electron chi connectivity index (χ4n) is 2.64. The van der Waals surface area contributed by atoms with Crippen molar-refractivity contribution in [3.05, 3.63) is 65.5 Å². The van der Waals surface area contributed by atoms with Gasteiger partial charge in [0.05, 0.1) is 10.6 Å². The number of carbonyl (C=O) groups excluding carboxylic acids is 1. The van der Waals surface area contributed by atoms with Crippen molar-refractivity contribution in [2.75, 3.05) is 5.75 Å². The minimum Gasteiger partial charge on any atom is -0.304 e. The molecule has 0 fully saturated rings. The van der Waals surface area contributed by atoms with Crippen molar-refractivity contribution in [1.29, 1.82) is 0 Å². The zero-order valence-electron chi connectivity index (χ0n) is 13.5. The van der Waals surface area contributed by atoms with Gasteiger partial charge >= 0.3 is 0 Å². The van der Waals surface area contributed by atoms with E-state index in [1.165, 1.54) is 11.8 Å². The standard InChI is InChI=1S/C19H15N3OS2/c1-22-18(17-7-4-10-24-17)20-21-19(22)25-12-16(23)15-9-8-13-5-2-3-6-14(13)11-15/h2-11H,12H2,1H3. The monoisotopic (exact) mass is 365 g/mol. The molecule has 25 heavy (non-hydrogen) atoms. The smallest absolute Gasteiger partial charge is 0.191 e. The first-order valence-electron chi connectivity index (χ1n) is 7.80. The molecule has 0 amide bonds. The summed E-state index contributed by atoms with van der Waals surface area (Å²) in [5.41, 5.74) is 0.729. The molecule has 6 heteroatoms. The molecule has 0 N–H and O–H groups in total. The number of fused-ring (bicyclic) bond motifs is 1. The van der Waals surface area contributed by atoms with Crippen LogP contribution in [0.4, 0.5) is 0 Å². The lowest BCUT2D eigenvalue weighted by atomic mass is 10.1. The summed E-state index contributed by atoms with van der Waals surface area (Å²) in [5, 5.41) is 13.4. The summed E-state index contributed by atoms with van der Waals surface area (Å²) in [7, 11) is 1.93. The summed E-state index contributed by atoms with van der Waals surface area (Å²) in [6.07, 6.45) is 0. The van der Waals surface area contributed by atoms with E-state index >= 15 is 0 Å². The minimum atomic E-state index is 0.0939. The largest absolute Gasteiger partial charge is 0.304 e. The van der Waals surface area contributed by atoms with Crippen LogP contribution in [0.5, 0.6) is 0 Å². The summed E-state index contributed by atoms with van der Waals surface area (Å²) in [4.78, 5) is 13.6. The van der Waals surface area contributed by atoms with Gasteiger partial charge in [-0.15, -0.1) is 21.5 Å². The van der Waals surface area contributed by atoms with Gasteiger partial charge in [0.2, 0.25) is 0 Å². The Morgan fingerprint density at radius 3 is 2.72 bits per heavy atom. The maximum atomic E-state index is 12.5. The zero-order chi connectivity index (χ0) is 17.2. The first-order valence-corrected chi connectivity index (χ1v) is 9.67. The van der Waals surface area contributed by atoms with Crippen LogP contribution in [0.15, 0.2) is 65.1 Å². The van der Waals surface area contributed by atoms with E-state index in [-0.39, 0.29) is 5.78 Å². The molecule has 2 aromatic carbocycles. The highest BCUT2D eigenvalue weighted by molar-refractivity contribution is 7.99. The Hall–Kier alpha value is -2.44. The van der Waals surface area contributed by atoms with E-state index in [1.54, 1.807) is 11.3 Å². The maximum absolute atomic E-state index is 12.5. The van der Waals surface area contributed by atoms with Gasteiger partial charge < -0.3 is 4.57 Å². The van der Waals surface area contributed by atoms with Gasteiger partial charge in [-0.2, -0.15) is 0 Å². The van der Waals surface area contributed by atoms with Gasteiger partial charge in [-0.05, 0) is 28.3 Å². The second-order valence-electron chi connectivity index (χ2n) is 5.62. The molecule has 0 bridgehead atoms. The Morgan fingerprint density at radius 2 is 1.92 bits per heavy atom. The van der Waals surface area contributed by atoms with E-state index in [9.17, 15) is 4.79 Å². The molecule has 0 aliphatic rings. The van der Waals surface area contributed by atoms with E-state index in [2.05, 4.69) is 10.2 Å². The van der Waals surface area contributed by atoms with Crippen LogP contribution in [-0.4, -0.2) is 26.3 Å². The summed E-state index contributed by atoms with van der Waals surface area (Å²) < 4.78 is 1.93. The average molecular weight is 365 g/mol. The van der Waals surface area contributed by atoms with E-state index in [1.807, 2.05) is 71.6 Å². The summed E-state index contributed by atoms with van der Waals surface area (Å²) in [5.74, 6) is 1.27. The Balaban J connectivity index is 1.50. The molecule has 4 rings (SSSR count). The number of hydrogen-bond acceptors (Lipinski definition) is 5. The molecule has 0 radical (unpaired) electrons. The number of Topliss-reactive ketones (excluding diaryl/α,β-unsaturated/α-hetero) is 1. The van der Waals surface area contributed by atoms with Crippen LogP contribution < -0.4 is 0 Å². The Kier molecular flexibility index (Phi) is 4.38. The van der Waals surface area contributed by atoms with Crippen LogP contribution in [0, 0.1) is 0 Å². The van der Waals surface area contributed by atoms with Crippen LogP contribution in [-0.2, 0) is 7.05 Å². The molecule has 0 aliphatic heterocycles. The number of rotatable bonds is 5. The van der Waals surface area contributed by atoms with Gasteiger partial charge in [-0.1, -0.05) is 54.2 Å². The summed E-state index contributed by atoms with van der Waals surface area (Å²) in [6.45, 7) is 0. The molecule has 0 saturated heterocycles. The lowest BCUT2D eigenvalue weighted by Crippen LogP contribution is -2.04. The third-order valence-electron chi connectivity index (χ3n) is 3.98. The molecular weight excluding hydrogens is 350 g/mol. The minimum absolute atomic E-state index is 0.0939. The van der Waals surface area contributed by atoms with Crippen molar-refractivity contribution in [1.82, 2.24) is 14.8 Å². The highest BCUT2D eigenvalue weighted by Gasteiger charge is 2.14. The Labute approximate surface area is 153 Å². The topological polar surface area (TPSA) is 47.8 Å². The number of thioether (sulfide) groups is 1. The molecule has 0 saturated carbocycles. The van der Waals surface area contributed by atoms with Gasteiger partial charge in [-0.3, -0.25) is 4.79 Å². The number of benzene rings is 2. The van der Waals surface area contributed by atoms with Crippen LogP contribution >= 0.6 is 23.1 Å². The number of hydrogen-bond donors (Lipinski definition) is 0. The molecule has 0 aliphatic carbocycles. The molecule has 0 unspecified atom stereocenters. The van der Waals surface area contributed by atoms with E-state index < -0.39 is 0 Å². The van der Waals surface area contributed by atoms with Gasteiger partial charge in [0, 0.05) is 12.6 Å². The third-order valence-corrected chi connectivity index (χ3v) is 5.87. The SMILES string of the molecule is Cn1c(SCC(=O)c2ccc3ccccc3c2)nnc1-c1cccs1. The normalized spacial score (nSPS) is 11.1. The molecular formula is C19H15N3OS2. The molecule has 4 nitrogen and oxygen atoms in total. The van der Waals surface area contributed by atoms with Gasteiger partial charge in [0.15, 0.2) is 16.8 Å². The van der Waals surface area contributed by atoms with E-state index in [4.69, 9.17) is 0 Å². The maximum Gasteiger partial charge on any atom is 0.191 e. The first kappa shape index (κ1) is 16.1. The lowest BCUT2D eigenvalue weighted by molar-refractivity contribution is 0.102. The van der Waals surface area contributed by atoms with Gasteiger partial charge in [-0.25, -0.2) is 0 Å². The molecule has 124 valence electrons. The number of carbonyl (C=O) groups is 1. The van der Waals surface area contributed by atoms with Crippen molar-refractivity contribution >= 4 is 39.7 Å². The van der Waals surface area contributed by atoms with Crippen LogP contribution in [0.3, 0.4) is 0 Å². The molecule has 2 aromatic heterocycles.